The summed E-state index contributed by atoms with van der Waals surface area (Å²) in [6, 6.07) is 72.0. The second kappa shape index (κ2) is 14.5. The molecule has 9 aromatic carbocycles. The molecule has 242 valence electrons. The summed E-state index contributed by atoms with van der Waals surface area (Å²) in [6.45, 7) is 0. The predicted molar refractivity (Wildman–Crippen MR) is 215 cm³/mol. The topological polar surface area (TPSA) is 0 Å². The molecule has 51 heavy (non-hydrogen) atoms. The predicted octanol–water partition coefficient (Wildman–Crippen LogP) is 14.2. The van der Waals surface area contributed by atoms with Crippen molar-refractivity contribution in [1.82, 2.24) is 0 Å². The second-order valence-electron chi connectivity index (χ2n) is 12.5. The standard InChI is InChI=1S/C44H29F.C6H6/c45-44-40(33-24-12-4-13-25-33)39(32-22-10-3-11-23-32)43-38(31-20-8-2-9-21-31)37(30-18-6-1-7-19-30)35-28-16-17-29-36(35)42(43)41(44)34-26-14-5-15-27-34;1-2-4-6-5-3-1/h1-29H;1-6H. The highest BCUT2D eigenvalue weighted by Crippen LogP contribution is 2.54. The van der Waals surface area contributed by atoms with Gasteiger partial charge in [0.1, 0.15) is 5.82 Å². The number of rotatable bonds is 5. The molecule has 0 bridgehead atoms. The van der Waals surface area contributed by atoms with E-state index in [4.69, 9.17) is 0 Å². The summed E-state index contributed by atoms with van der Waals surface area (Å²) in [5, 5.41) is 4.09. The first-order valence-electron chi connectivity index (χ1n) is 17.3. The molecular weight excluding hydrogens is 620 g/mol. The maximum atomic E-state index is 17.8. The van der Waals surface area contributed by atoms with Crippen LogP contribution in [0.3, 0.4) is 0 Å². The molecule has 0 aliphatic rings. The molecule has 1 heteroatoms. The lowest BCUT2D eigenvalue weighted by atomic mass is 9.77. The van der Waals surface area contributed by atoms with Crippen LogP contribution in [0.25, 0.3) is 77.2 Å². The van der Waals surface area contributed by atoms with E-state index in [1.807, 2.05) is 115 Å². The molecule has 0 aliphatic heterocycles. The lowest BCUT2D eigenvalue weighted by molar-refractivity contribution is 0.637. The molecule has 0 N–H and O–H groups in total. The molecule has 0 saturated carbocycles. The van der Waals surface area contributed by atoms with E-state index in [0.717, 1.165) is 66.1 Å². The fraction of sp³-hybridized carbons (Fsp3) is 0. The van der Waals surface area contributed by atoms with Gasteiger partial charge in [-0.15, -0.1) is 0 Å². The zero-order valence-corrected chi connectivity index (χ0v) is 28.1. The highest BCUT2D eigenvalue weighted by molar-refractivity contribution is 6.30. The van der Waals surface area contributed by atoms with Crippen LogP contribution in [0.15, 0.2) is 212 Å². The first-order chi connectivity index (χ1) is 25.3. The Hall–Kier alpha value is -6.57. The zero-order chi connectivity index (χ0) is 34.4. The van der Waals surface area contributed by atoms with E-state index in [1.165, 1.54) is 0 Å². The van der Waals surface area contributed by atoms with Gasteiger partial charge in [-0.3, -0.25) is 0 Å². The van der Waals surface area contributed by atoms with Gasteiger partial charge in [-0.1, -0.05) is 212 Å². The third kappa shape index (κ3) is 6.11. The van der Waals surface area contributed by atoms with Crippen molar-refractivity contribution in [3.8, 4) is 55.6 Å². The van der Waals surface area contributed by atoms with Crippen molar-refractivity contribution >= 4 is 21.5 Å². The molecular formula is C50H35F. The van der Waals surface area contributed by atoms with Gasteiger partial charge in [-0.05, 0) is 49.7 Å². The lowest BCUT2D eigenvalue weighted by Crippen LogP contribution is -2.01. The van der Waals surface area contributed by atoms with Crippen LogP contribution in [0.1, 0.15) is 0 Å². The Bertz CT molecular complexity index is 2500. The number of benzene rings is 9. The maximum absolute atomic E-state index is 17.8. The number of fused-ring (bicyclic) bond motifs is 3. The molecule has 9 rings (SSSR count). The van der Waals surface area contributed by atoms with E-state index in [2.05, 4.69) is 97.1 Å². The van der Waals surface area contributed by atoms with Gasteiger partial charge in [0.15, 0.2) is 0 Å². The number of hydrogen-bond donors (Lipinski definition) is 0. The van der Waals surface area contributed by atoms with Gasteiger partial charge in [0.25, 0.3) is 0 Å². The summed E-state index contributed by atoms with van der Waals surface area (Å²) in [6.07, 6.45) is 0. The Morgan fingerprint density at radius 3 is 0.902 bits per heavy atom. The smallest absolute Gasteiger partial charge is 0.140 e. The fourth-order valence-corrected chi connectivity index (χ4v) is 7.25. The molecule has 0 nitrogen and oxygen atoms in total. The first-order valence-corrected chi connectivity index (χ1v) is 17.3. The first kappa shape index (κ1) is 31.7. The van der Waals surface area contributed by atoms with E-state index in [-0.39, 0.29) is 5.82 Å². The minimum Gasteiger partial charge on any atom is -0.206 e. The molecule has 0 amide bonds. The van der Waals surface area contributed by atoms with Crippen molar-refractivity contribution in [2.24, 2.45) is 0 Å². The summed E-state index contributed by atoms with van der Waals surface area (Å²) >= 11 is 0. The van der Waals surface area contributed by atoms with Gasteiger partial charge in [-0.25, -0.2) is 4.39 Å². The van der Waals surface area contributed by atoms with E-state index >= 15 is 4.39 Å². The third-order valence-electron chi connectivity index (χ3n) is 9.38. The maximum Gasteiger partial charge on any atom is 0.140 e. The monoisotopic (exact) mass is 654 g/mol. The van der Waals surface area contributed by atoms with Gasteiger partial charge in [-0.2, -0.15) is 0 Å². The van der Waals surface area contributed by atoms with Gasteiger partial charge >= 0.3 is 0 Å². The van der Waals surface area contributed by atoms with Crippen LogP contribution < -0.4 is 0 Å². The summed E-state index contributed by atoms with van der Waals surface area (Å²) in [5.41, 5.74) is 9.28. The second-order valence-corrected chi connectivity index (χ2v) is 12.5. The van der Waals surface area contributed by atoms with E-state index in [0.29, 0.717) is 11.1 Å². The Kier molecular flexibility index (Phi) is 9.01. The van der Waals surface area contributed by atoms with Crippen LogP contribution in [0, 0.1) is 5.82 Å². The Balaban J connectivity index is 0.000000567. The number of halogens is 1. The Morgan fingerprint density at radius 2 is 0.490 bits per heavy atom. The Labute approximate surface area is 298 Å². The van der Waals surface area contributed by atoms with Crippen molar-refractivity contribution in [1.29, 1.82) is 0 Å². The SMILES string of the molecule is Fc1c(-c2ccccc2)c(-c2ccccc2)c2c(-c3ccccc3)c(-c3ccccc3)c3ccccc3c2c1-c1ccccc1.c1ccccc1. The van der Waals surface area contributed by atoms with Crippen molar-refractivity contribution in [3.05, 3.63) is 218 Å². The summed E-state index contributed by atoms with van der Waals surface area (Å²) in [7, 11) is 0. The average molecular weight is 655 g/mol. The number of hydrogen-bond acceptors (Lipinski definition) is 0. The van der Waals surface area contributed by atoms with Gasteiger partial charge in [0, 0.05) is 27.5 Å². The van der Waals surface area contributed by atoms with Crippen molar-refractivity contribution in [2.75, 3.05) is 0 Å². The summed E-state index contributed by atoms with van der Waals surface area (Å²) in [4.78, 5) is 0. The zero-order valence-electron chi connectivity index (χ0n) is 28.1. The normalized spacial score (nSPS) is 10.8. The largest absolute Gasteiger partial charge is 0.206 e. The van der Waals surface area contributed by atoms with Gasteiger partial charge < -0.3 is 0 Å². The molecule has 0 radical (unpaired) electrons. The lowest BCUT2D eigenvalue weighted by Gasteiger charge is -2.26. The van der Waals surface area contributed by atoms with E-state index in [1.54, 1.807) is 0 Å². The van der Waals surface area contributed by atoms with Crippen molar-refractivity contribution in [2.45, 2.75) is 0 Å². The molecule has 0 fully saturated rings. The molecule has 0 unspecified atom stereocenters. The average Bonchev–Trinajstić information content (AvgIpc) is 3.22. The Morgan fingerprint density at radius 1 is 0.216 bits per heavy atom. The molecule has 9 aromatic rings. The highest BCUT2D eigenvalue weighted by atomic mass is 19.1. The summed E-state index contributed by atoms with van der Waals surface area (Å²) in [5.74, 6) is -0.213. The van der Waals surface area contributed by atoms with E-state index < -0.39 is 0 Å². The third-order valence-corrected chi connectivity index (χ3v) is 9.38. The van der Waals surface area contributed by atoms with Gasteiger partial charge in [0.05, 0.1) is 0 Å². The van der Waals surface area contributed by atoms with Crippen LogP contribution in [0.4, 0.5) is 4.39 Å². The van der Waals surface area contributed by atoms with Crippen LogP contribution in [-0.4, -0.2) is 0 Å². The molecule has 0 spiro atoms. The fourth-order valence-electron chi connectivity index (χ4n) is 7.25. The van der Waals surface area contributed by atoms with Crippen molar-refractivity contribution < 1.29 is 4.39 Å². The summed E-state index contributed by atoms with van der Waals surface area (Å²) < 4.78 is 17.8. The molecule has 0 aliphatic carbocycles. The quantitative estimate of drug-likeness (QED) is 0.162. The van der Waals surface area contributed by atoms with Crippen LogP contribution in [0.5, 0.6) is 0 Å². The molecule has 0 heterocycles. The van der Waals surface area contributed by atoms with Crippen molar-refractivity contribution in [3.63, 3.8) is 0 Å². The van der Waals surface area contributed by atoms with Crippen LogP contribution >= 0.6 is 0 Å². The molecule has 0 saturated heterocycles. The van der Waals surface area contributed by atoms with Crippen LogP contribution in [0.2, 0.25) is 0 Å². The minimum absolute atomic E-state index is 0.213. The highest BCUT2D eigenvalue weighted by Gasteiger charge is 2.29. The van der Waals surface area contributed by atoms with Crippen LogP contribution in [-0.2, 0) is 0 Å². The van der Waals surface area contributed by atoms with Gasteiger partial charge in [0.2, 0.25) is 0 Å². The van der Waals surface area contributed by atoms with E-state index in [9.17, 15) is 0 Å². The molecule has 0 aromatic heterocycles. The molecule has 0 atom stereocenters. The minimum atomic E-state index is -0.213.